The summed E-state index contributed by atoms with van der Waals surface area (Å²) in [5.41, 5.74) is -0.205. The highest BCUT2D eigenvalue weighted by Crippen LogP contribution is 2.18. The van der Waals surface area contributed by atoms with Crippen LogP contribution in [0.15, 0.2) is 0 Å². The maximum Gasteiger partial charge on any atom is 0.167 e. The van der Waals surface area contributed by atoms with Gasteiger partial charge in [0.1, 0.15) is 0 Å². The summed E-state index contributed by atoms with van der Waals surface area (Å²) in [5.74, 6) is 0. The van der Waals surface area contributed by atoms with Crippen molar-refractivity contribution in [1.82, 2.24) is 21.3 Å². The van der Waals surface area contributed by atoms with Crippen LogP contribution in [0.3, 0.4) is 0 Å². The van der Waals surface area contributed by atoms with Crippen LogP contribution < -0.4 is 21.3 Å². The molecular formula is C15H32N4O2S2. The molecule has 0 aliphatic rings. The summed E-state index contributed by atoms with van der Waals surface area (Å²) in [6.45, 7) is 10.2. The minimum absolute atomic E-state index is 0.102. The van der Waals surface area contributed by atoms with Gasteiger partial charge in [0, 0.05) is 26.3 Å². The fourth-order valence-corrected chi connectivity index (χ4v) is 1.87. The highest BCUT2D eigenvalue weighted by molar-refractivity contribution is 7.80. The van der Waals surface area contributed by atoms with Crippen LogP contribution in [0, 0.1) is 10.8 Å². The van der Waals surface area contributed by atoms with Crippen molar-refractivity contribution in [3.8, 4) is 0 Å². The third-order valence-corrected chi connectivity index (χ3v) is 4.11. The number of hydrogen-bond donors (Lipinski definition) is 6. The van der Waals surface area contributed by atoms with E-state index in [1.54, 1.807) is 0 Å². The Kier molecular flexibility index (Phi) is 10.6. The van der Waals surface area contributed by atoms with Gasteiger partial charge in [-0.05, 0) is 48.1 Å². The molecule has 0 fully saturated rings. The summed E-state index contributed by atoms with van der Waals surface area (Å²) < 4.78 is 0. The van der Waals surface area contributed by atoms with Crippen molar-refractivity contribution in [3.05, 3.63) is 0 Å². The Morgan fingerprint density at radius 2 is 1.09 bits per heavy atom. The standard InChI is InChI=1S/C15H32N4O2S2/c1-14(2,9-20)5-7-16-12(22)18-11-19-13(23)17-8-6-15(3,4)10-21/h20-21H,5-11H2,1-4H3,(H2,16,18,22)(H2,17,19,23). The van der Waals surface area contributed by atoms with Gasteiger partial charge in [0.05, 0.1) is 6.67 Å². The predicted molar refractivity (Wildman–Crippen MR) is 103 cm³/mol. The van der Waals surface area contributed by atoms with Gasteiger partial charge in [-0.1, -0.05) is 27.7 Å². The SMILES string of the molecule is CC(C)(CO)CCNC(=S)NCNC(=S)NCCC(C)(C)CO. The fraction of sp³-hybridized carbons (Fsp3) is 0.867. The second-order valence-electron chi connectivity index (χ2n) is 7.19. The summed E-state index contributed by atoms with van der Waals surface area (Å²) in [6.07, 6.45) is 1.67. The molecular weight excluding hydrogens is 332 g/mol. The quantitative estimate of drug-likeness (QED) is 0.249. The molecule has 0 bridgehead atoms. The summed E-state index contributed by atoms with van der Waals surface area (Å²) in [7, 11) is 0. The number of aliphatic hydroxyl groups excluding tert-OH is 2. The molecule has 0 rings (SSSR count). The number of aliphatic hydroxyl groups is 2. The minimum Gasteiger partial charge on any atom is -0.396 e. The zero-order valence-electron chi connectivity index (χ0n) is 14.7. The molecule has 0 saturated heterocycles. The number of rotatable bonds is 10. The van der Waals surface area contributed by atoms with E-state index in [-0.39, 0.29) is 24.0 Å². The zero-order chi connectivity index (χ0) is 17.9. The van der Waals surface area contributed by atoms with Gasteiger partial charge in [-0.3, -0.25) is 0 Å². The van der Waals surface area contributed by atoms with E-state index in [2.05, 4.69) is 21.3 Å². The third kappa shape index (κ3) is 12.4. The van der Waals surface area contributed by atoms with Crippen molar-refractivity contribution in [1.29, 1.82) is 0 Å². The monoisotopic (exact) mass is 364 g/mol. The van der Waals surface area contributed by atoms with E-state index in [1.807, 2.05) is 27.7 Å². The molecule has 6 nitrogen and oxygen atoms in total. The van der Waals surface area contributed by atoms with E-state index in [0.717, 1.165) is 12.8 Å². The molecule has 0 aromatic carbocycles. The summed E-state index contributed by atoms with van der Waals surface area (Å²) >= 11 is 10.3. The second kappa shape index (κ2) is 11.0. The molecule has 0 heterocycles. The first-order valence-electron chi connectivity index (χ1n) is 7.87. The maximum atomic E-state index is 9.18. The van der Waals surface area contributed by atoms with Gasteiger partial charge in [-0.2, -0.15) is 0 Å². The van der Waals surface area contributed by atoms with Gasteiger partial charge in [0.25, 0.3) is 0 Å². The topological polar surface area (TPSA) is 88.6 Å². The van der Waals surface area contributed by atoms with Crippen molar-refractivity contribution < 1.29 is 10.2 Å². The van der Waals surface area contributed by atoms with Gasteiger partial charge in [0.15, 0.2) is 10.2 Å². The molecule has 23 heavy (non-hydrogen) atoms. The predicted octanol–water partition coefficient (Wildman–Crippen LogP) is 0.689. The lowest BCUT2D eigenvalue weighted by Crippen LogP contribution is -2.46. The lowest BCUT2D eigenvalue weighted by molar-refractivity contribution is 0.151. The molecule has 0 aromatic heterocycles. The van der Waals surface area contributed by atoms with E-state index in [9.17, 15) is 10.2 Å². The molecule has 0 amide bonds. The molecule has 6 N–H and O–H groups in total. The molecule has 0 unspecified atom stereocenters. The van der Waals surface area contributed by atoms with Crippen LogP contribution in [0.2, 0.25) is 0 Å². The van der Waals surface area contributed by atoms with Gasteiger partial charge < -0.3 is 31.5 Å². The average Bonchev–Trinajstić information content (AvgIpc) is 2.47. The Hall–Kier alpha value is -0.700. The van der Waals surface area contributed by atoms with Gasteiger partial charge in [0.2, 0.25) is 0 Å². The van der Waals surface area contributed by atoms with Gasteiger partial charge >= 0.3 is 0 Å². The van der Waals surface area contributed by atoms with Crippen LogP contribution in [0.25, 0.3) is 0 Å². The van der Waals surface area contributed by atoms with Crippen LogP contribution in [0.1, 0.15) is 40.5 Å². The van der Waals surface area contributed by atoms with E-state index in [1.165, 1.54) is 0 Å². The smallest absolute Gasteiger partial charge is 0.167 e. The maximum absolute atomic E-state index is 9.18. The molecule has 0 atom stereocenters. The highest BCUT2D eigenvalue weighted by atomic mass is 32.1. The van der Waals surface area contributed by atoms with Crippen LogP contribution in [-0.2, 0) is 0 Å². The lowest BCUT2D eigenvalue weighted by Gasteiger charge is -2.22. The molecule has 0 aliphatic carbocycles. The van der Waals surface area contributed by atoms with Crippen molar-refractivity contribution in [2.24, 2.45) is 10.8 Å². The van der Waals surface area contributed by atoms with E-state index in [4.69, 9.17) is 24.4 Å². The average molecular weight is 365 g/mol. The van der Waals surface area contributed by atoms with Crippen molar-refractivity contribution in [2.75, 3.05) is 33.0 Å². The molecule has 0 saturated carbocycles. The van der Waals surface area contributed by atoms with Crippen LogP contribution in [-0.4, -0.2) is 53.4 Å². The molecule has 8 heteroatoms. The van der Waals surface area contributed by atoms with Gasteiger partial charge in [-0.15, -0.1) is 0 Å². The zero-order valence-corrected chi connectivity index (χ0v) is 16.3. The first-order valence-corrected chi connectivity index (χ1v) is 8.69. The summed E-state index contributed by atoms with van der Waals surface area (Å²) in [5, 5.41) is 31.7. The van der Waals surface area contributed by atoms with Gasteiger partial charge in [-0.25, -0.2) is 0 Å². The van der Waals surface area contributed by atoms with Crippen molar-refractivity contribution in [2.45, 2.75) is 40.5 Å². The van der Waals surface area contributed by atoms with E-state index in [0.29, 0.717) is 30.0 Å². The Bertz CT molecular complexity index is 342. The molecule has 136 valence electrons. The van der Waals surface area contributed by atoms with E-state index >= 15 is 0 Å². The number of nitrogens with one attached hydrogen (secondary N) is 4. The van der Waals surface area contributed by atoms with E-state index < -0.39 is 0 Å². The highest BCUT2D eigenvalue weighted by Gasteiger charge is 2.16. The van der Waals surface area contributed by atoms with Crippen LogP contribution >= 0.6 is 24.4 Å². The first-order chi connectivity index (χ1) is 10.6. The number of hydrogen-bond acceptors (Lipinski definition) is 4. The van der Waals surface area contributed by atoms with Crippen LogP contribution in [0.4, 0.5) is 0 Å². The Labute approximate surface area is 150 Å². The first kappa shape index (κ1) is 22.3. The molecule has 0 aliphatic heterocycles. The Morgan fingerprint density at radius 3 is 1.39 bits per heavy atom. The normalized spacial score (nSPS) is 11.7. The number of thiocarbonyl (C=S) groups is 2. The molecule has 0 radical (unpaired) electrons. The minimum atomic E-state index is -0.102. The fourth-order valence-electron chi connectivity index (χ4n) is 1.52. The molecule has 0 aromatic rings. The third-order valence-electron chi connectivity index (χ3n) is 3.53. The van der Waals surface area contributed by atoms with Crippen molar-refractivity contribution in [3.63, 3.8) is 0 Å². The largest absolute Gasteiger partial charge is 0.396 e. The van der Waals surface area contributed by atoms with Crippen molar-refractivity contribution >= 4 is 34.7 Å². The molecule has 0 spiro atoms. The Balaban J connectivity index is 3.69. The Morgan fingerprint density at radius 1 is 0.739 bits per heavy atom. The summed E-state index contributed by atoms with van der Waals surface area (Å²) in [4.78, 5) is 0. The summed E-state index contributed by atoms with van der Waals surface area (Å²) in [6, 6.07) is 0. The van der Waals surface area contributed by atoms with Crippen LogP contribution in [0.5, 0.6) is 0 Å². The lowest BCUT2D eigenvalue weighted by atomic mass is 9.91. The second-order valence-corrected chi connectivity index (χ2v) is 8.00.